The maximum Gasteiger partial charge on any atom is 0.327 e. The van der Waals surface area contributed by atoms with Crippen LogP contribution >= 0.6 is 0 Å². The summed E-state index contributed by atoms with van der Waals surface area (Å²) >= 11 is 0. The van der Waals surface area contributed by atoms with Gasteiger partial charge < -0.3 is 15.2 Å². The molecule has 0 unspecified atom stereocenters. The number of nitrogens with two attached hydrogens (primary N) is 1. The Morgan fingerprint density at radius 1 is 1.21 bits per heavy atom. The molecule has 0 aliphatic heterocycles. The number of ether oxygens (including phenoxy) is 2. The van der Waals surface area contributed by atoms with Crippen molar-refractivity contribution < 1.29 is 14.3 Å². The number of aromatic nitrogens is 2. The van der Waals surface area contributed by atoms with Crippen molar-refractivity contribution in [1.82, 2.24) is 9.78 Å². The SMILES string of the molecule is Nc1ccn(CC(=O)OCCOc2ccccc2)n1. The number of anilines is 1. The van der Waals surface area contributed by atoms with Gasteiger partial charge in [0.05, 0.1) is 0 Å². The van der Waals surface area contributed by atoms with Gasteiger partial charge in [-0.15, -0.1) is 0 Å². The van der Waals surface area contributed by atoms with Gasteiger partial charge in [-0.3, -0.25) is 9.48 Å². The summed E-state index contributed by atoms with van der Waals surface area (Å²) in [4.78, 5) is 11.5. The summed E-state index contributed by atoms with van der Waals surface area (Å²) in [5.74, 6) is 0.748. The topological polar surface area (TPSA) is 79.4 Å². The summed E-state index contributed by atoms with van der Waals surface area (Å²) in [5.41, 5.74) is 5.44. The Kier molecular flexibility index (Phi) is 4.39. The van der Waals surface area contributed by atoms with Crippen LogP contribution in [0.15, 0.2) is 42.6 Å². The normalized spacial score (nSPS) is 10.1. The molecule has 2 N–H and O–H groups in total. The van der Waals surface area contributed by atoms with E-state index in [0.29, 0.717) is 12.4 Å². The van der Waals surface area contributed by atoms with Crippen molar-refractivity contribution in [2.45, 2.75) is 6.54 Å². The molecule has 0 radical (unpaired) electrons. The van der Waals surface area contributed by atoms with Crippen LogP contribution in [0, 0.1) is 0 Å². The van der Waals surface area contributed by atoms with E-state index in [1.165, 1.54) is 4.68 Å². The van der Waals surface area contributed by atoms with Gasteiger partial charge in [-0.1, -0.05) is 18.2 Å². The first-order valence-corrected chi connectivity index (χ1v) is 5.86. The number of rotatable bonds is 6. The predicted octanol–water partition coefficient (Wildman–Crippen LogP) is 1.09. The lowest BCUT2D eigenvalue weighted by molar-refractivity contribution is -0.145. The maximum atomic E-state index is 11.5. The Hall–Kier alpha value is -2.50. The number of nitrogens with zero attached hydrogens (tertiary/aromatic N) is 2. The summed E-state index contributed by atoms with van der Waals surface area (Å²) in [7, 11) is 0. The van der Waals surface area contributed by atoms with Gasteiger partial charge in [0.1, 0.15) is 31.3 Å². The van der Waals surface area contributed by atoms with E-state index in [1.807, 2.05) is 30.3 Å². The smallest absolute Gasteiger partial charge is 0.327 e. The molecule has 2 rings (SSSR count). The van der Waals surface area contributed by atoms with E-state index in [2.05, 4.69) is 5.10 Å². The molecule has 0 saturated carbocycles. The van der Waals surface area contributed by atoms with Crippen LogP contribution < -0.4 is 10.5 Å². The largest absolute Gasteiger partial charge is 0.490 e. The monoisotopic (exact) mass is 261 g/mol. The fourth-order valence-electron chi connectivity index (χ4n) is 1.48. The third kappa shape index (κ3) is 4.34. The standard InChI is InChI=1S/C13H15N3O3/c14-12-6-7-16(15-12)10-13(17)19-9-8-18-11-4-2-1-3-5-11/h1-7H,8-10H2,(H2,14,15). The highest BCUT2D eigenvalue weighted by molar-refractivity contribution is 5.69. The number of para-hydroxylation sites is 1. The van der Waals surface area contributed by atoms with E-state index in [0.717, 1.165) is 5.75 Å². The highest BCUT2D eigenvalue weighted by Gasteiger charge is 2.05. The van der Waals surface area contributed by atoms with Gasteiger partial charge in [0.2, 0.25) is 0 Å². The molecule has 0 saturated heterocycles. The number of hydrogen-bond donors (Lipinski definition) is 1. The third-order valence-electron chi connectivity index (χ3n) is 2.31. The van der Waals surface area contributed by atoms with Gasteiger partial charge in [-0.25, -0.2) is 0 Å². The molecular formula is C13H15N3O3. The second-order valence-electron chi connectivity index (χ2n) is 3.82. The zero-order chi connectivity index (χ0) is 13.5. The van der Waals surface area contributed by atoms with E-state index >= 15 is 0 Å². The fraction of sp³-hybridized carbons (Fsp3) is 0.231. The molecule has 0 atom stereocenters. The number of hydrogen-bond acceptors (Lipinski definition) is 5. The van der Waals surface area contributed by atoms with Crippen molar-refractivity contribution in [3.05, 3.63) is 42.6 Å². The molecule has 2 aromatic rings. The van der Waals surface area contributed by atoms with E-state index in [1.54, 1.807) is 12.3 Å². The zero-order valence-corrected chi connectivity index (χ0v) is 10.4. The second-order valence-corrected chi connectivity index (χ2v) is 3.82. The first-order valence-electron chi connectivity index (χ1n) is 5.86. The number of carbonyl (C=O) groups is 1. The Labute approximate surface area is 110 Å². The van der Waals surface area contributed by atoms with Crippen LogP contribution in [0.3, 0.4) is 0 Å². The minimum Gasteiger partial charge on any atom is -0.490 e. The summed E-state index contributed by atoms with van der Waals surface area (Å²) in [6.45, 7) is 0.560. The maximum absolute atomic E-state index is 11.5. The minimum atomic E-state index is -0.375. The molecule has 100 valence electrons. The molecule has 1 heterocycles. The van der Waals surface area contributed by atoms with Crippen LogP contribution in [0.4, 0.5) is 5.82 Å². The second kappa shape index (κ2) is 6.44. The van der Waals surface area contributed by atoms with Gasteiger partial charge >= 0.3 is 5.97 Å². The highest BCUT2D eigenvalue weighted by Crippen LogP contribution is 2.07. The molecule has 0 bridgehead atoms. The van der Waals surface area contributed by atoms with Crippen LogP contribution in [0.1, 0.15) is 0 Å². The lowest BCUT2D eigenvalue weighted by atomic mass is 10.3. The molecule has 19 heavy (non-hydrogen) atoms. The molecular weight excluding hydrogens is 246 g/mol. The van der Waals surface area contributed by atoms with Crippen LogP contribution in [0.2, 0.25) is 0 Å². The quantitative estimate of drug-likeness (QED) is 0.622. The van der Waals surface area contributed by atoms with Gasteiger partial charge in [0.25, 0.3) is 0 Å². The molecule has 1 aromatic heterocycles. The average molecular weight is 261 g/mol. The first-order chi connectivity index (χ1) is 9.24. The van der Waals surface area contributed by atoms with Gasteiger partial charge in [0.15, 0.2) is 0 Å². The van der Waals surface area contributed by atoms with Crippen LogP contribution in [-0.2, 0) is 16.1 Å². The van der Waals surface area contributed by atoms with Crippen molar-refractivity contribution in [1.29, 1.82) is 0 Å². The van der Waals surface area contributed by atoms with Crippen LogP contribution in [0.5, 0.6) is 5.75 Å². The number of nitrogen functional groups attached to an aromatic ring is 1. The van der Waals surface area contributed by atoms with Crippen molar-refractivity contribution in [2.75, 3.05) is 18.9 Å². The Morgan fingerprint density at radius 3 is 2.68 bits per heavy atom. The number of carbonyl (C=O) groups excluding carboxylic acids is 1. The van der Waals surface area contributed by atoms with Crippen LogP contribution in [-0.4, -0.2) is 29.0 Å². The average Bonchev–Trinajstić information content (AvgIpc) is 2.81. The van der Waals surface area contributed by atoms with Crippen molar-refractivity contribution in [3.8, 4) is 5.75 Å². The minimum absolute atomic E-state index is 0.0442. The van der Waals surface area contributed by atoms with E-state index in [9.17, 15) is 4.79 Å². The molecule has 0 aliphatic rings. The van der Waals surface area contributed by atoms with Crippen LogP contribution in [0.25, 0.3) is 0 Å². The summed E-state index contributed by atoms with van der Waals surface area (Å²) in [5, 5.41) is 3.89. The zero-order valence-electron chi connectivity index (χ0n) is 10.4. The lowest BCUT2D eigenvalue weighted by Crippen LogP contribution is -2.17. The molecule has 6 nitrogen and oxygen atoms in total. The molecule has 0 fully saturated rings. The molecule has 1 aromatic carbocycles. The van der Waals surface area contributed by atoms with Gasteiger partial charge in [-0.2, -0.15) is 5.10 Å². The number of esters is 1. The van der Waals surface area contributed by atoms with E-state index in [4.69, 9.17) is 15.2 Å². The molecule has 0 amide bonds. The Morgan fingerprint density at radius 2 is 2.00 bits per heavy atom. The van der Waals surface area contributed by atoms with Crippen molar-refractivity contribution in [2.24, 2.45) is 0 Å². The highest BCUT2D eigenvalue weighted by atomic mass is 16.6. The first kappa shape index (κ1) is 12.9. The lowest BCUT2D eigenvalue weighted by Gasteiger charge is -2.07. The van der Waals surface area contributed by atoms with Gasteiger partial charge in [-0.05, 0) is 18.2 Å². The van der Waals surface area contributed by atoms with Crippen molar-refractivity contribution >= 4 is 11.8 Å². The summed E-state index contributed by atoms with van der Waals surface area (Å²) in [6, 6.07) is 11.0. The molecule has 0 aliphatic carbocycles. The predicted molar refractivity (Wildman–Crippen MR) is 69.5 cm³/mol. The summed E-state index contributed by atoms with van der Waals surface area (Å²) in [6.07, 6.45) is 1.62. The Bertz CT molecular complexity index is 525. The number of benzene rings is 1. The Balaban J connectivity index is 1.64. The van der Waals surface area contributed by atoms with Gasteiger partial charge in [0, 0.05) is 6.20 Å². The van der Waals surface area contributed by atoms with Crippen molar-refractivity contribution in [3.63, 3.8) is 0 Å². The summed E-state index contributed by atoms with van der Waals surface area (Å²) < 4.78 is 11.8. The molecule has 6 heteroatoms. The fourth-order valence-corrected chi connectivity index (χ4v) is 1.48. The van der Waals surface area contributed by atoms with E-state index in [-0.39, 0.29) is 19.1 Å². The molecule has 0 spiro atoms. The van der Waals surface area contributed by atoms with E-state index < -0.39 is 0 Å². The third-order valence-corrected chi connectivity index (χ3v) is 2.31.